The smallest absolute Gasteiger partial charge is 0.204 e. The Morgan fingerprint density at radius 2 is 2.25 bits per heavy atom. The zero-order chi connectivity index (χ0) is 16.9. The quantitative estimate of drug-likeness (QED) is 0.493. The summed E-state index contributed by atoms with van der Waals surface area (Å²) in [5, 5.41) is 16.7. The topological polar surface area (TPSA) is 66.7 Å². The van der Waals surface area contributed by atoms with E-state index < -0.39 is 0 Å². The molecule has 1 aromatic carbocycles. The van der Waals surface area contributed by atoms with Crippen molar-refractivity contribution in [1.29, 1.82) is 0 Å². The van der Waals surface area contributed by atoms with Crippen LogP contribution in [0.25, 0.3) is 10.6 Å². The van der Waals surface area contributed by atoms with Crippen LogP contribution in [-0.2, 0) is 0 Å². The predicted octanol–water partition coefficient (Wildman–Crippen LogP) is 4.73. The van der Waals surface area contributed by atoms with Gasteiger partial charge in [0.2, 0.25) is 5.13 Å². The maximum absolute atomic E-state index is 9.70. The summed E-state index contributed by atoms with van der Waals surface area (Å²) >= 11 is 3.24. The summed E-state index contributed by atoms with van der Waals surface area (Å²) < 4.78 is 5.36. The Balaban J connectivity index is 1.71. The molecule has 2 N–H and O–H groups in total. The van der Waals surface area contributed by atoms with Gasteiger partial charge in [-0.2, -0.15) is 5.10 Å². The van der Waals surface area contributed by atoms with E-state index in [1.807, 2.05) is 18.4 Å². The van der Waals surface area contributed by atoms with Crippen molar-refractivity contribution in [2.45, 2.75) is 13.8 Å². The molecule has 124 valence electrons. The van der Waals surface area contributed by atoms with Crippen LogP contribution in [0.1, 0.15) is 17.4 Å². The number of nitrogens with one attached hydrogen (secondary N) is 1. The Kier molecular flexibility index (Phi) is 5.12. The number of ether oxygens (including phenoxy) is 1. The first-order chi connectivity index (χ1) is 11.7. The molecule has 0 bridgehead atoms. The van der Waals surface area contributed by atoms with E-state index in [-0.39, 0.29) is 5.75 Å². The van der Waals surface area contributed by atoms with Crippen LogP contribution in [0.4, 0.5) is 5.13 Å². The van der Waals surface area contributed by atoms with Gasteiger partial charge < -0.3 is 9.84 Å². The Bertz CT molecular complexity index is 842. The van der Waals surface area contributed by atoms with Crippen molar-refractivity contribution in [2.75, 3.05) is 12.0 Å². The van der Waals surface area contributed by atoms with Gasteiger partial charge in [-0.15, -0.1) is 22.7 Å². The molecule has 0 spiro atoms. The Morgan fingerprint density at radius 3 is 3.00 bits per heavy atom. The van der Waals surface area contributed by atoms with Crippen molar-refractivity contribution in [2.24, 2.45) is 5.10 Å². The highest BCUT2D eigenvalue weighted by molar-refractivity contribution is 7.17. The lowest BCUT2D eigenvalue weighted by molar-refractivity contribution is 0.318. The minimum atomic E-state index is 0.123. The zero-order valence-electron chi connectivity index (χ0n) is 13.3. The highest BCUT2D eigenvalue weighted by Crippen LogP contribution is 2.33. The molecule has 3 rings (SSSR count). The van der Waals surface area contributed by atoms with E-state index in [4.69, 9.17) is 4.74 Å². The fourth-order valence-electron chi connectivity index (χ4n) is 2.13. The van der Waals surface area contributed by atoms with Crippen LogP contribution in [0.15, 0.2) is 40.8 Å². The number of hydrazone groups is 1. The largest absolute Gasteiger partial charge is 0.504 e. The second-order valence-electron chi connectivity index (χ2n) is 4.93. The summed E-state index contributed by atoms with van der Waals surface area (Å²) in [6, 6.07) is 9.19. The van der Waals surface area contributed by atoms with E-state index in [1.54, 1.807) is 47.1 Å². The molecule has 2 heterocycles. The molecule has 0 unspecified atom stereocenters. The Hall–Kier alpha value is -2.38. The van der Waals surface area contributed by atoms with Crippen LogP contribution in [0.5, 0.6) is 11.5 Å². The number of nitrogens with zero attached hydrogens (tertiary/aromatic N) is 2. The molecule has 0 aliphatic heterocycles. The molecule has 0 amide bonds. The number of phenolic OH excluding ortho intramolecular Hbond substituents is 1. The summed E-state index contributed by atoms with van der Waals surface area (Å²) in [5.41, 5.74) is 4.79. The number of hydrogen-bond donors (Lipinski definition) is 2. The first-order valence-corrected chi connectivity index (χ1v) is 9.13. The lowest BCUT2D eigenvalue weighted by Crippen LogP contribution is -1.94. The van der Waals surface area contributed by atoms with E-state index in [2.05, 4.69) is 28.5 Å². The number of phenols is 1. The third kappa shape index (κ3) is 3.74. The third-order valence-corrected chi connectivity index (χ3v) is 4.96. The van der Waals surface area contributed by atoms with Crippen molar-refractivity contribution in [3.63, 3.8) is 0 Å². The van der Waals surface area contributed by atoms with Crippen molar-refractivity contribution in [3.05, 3.63) is 46.2 Å². The van der Waals surface area contributed by atoms with Gasteiger partial charge in [0.05, 0.1) is 23.4 Å². The molecule has 3 aromatic rings. The number of rotatable bonds is 6. The molecule has 0 saturated heterocycles. The summed E-state index contributed by atoms with van der Waals surface area (Å²) in [6.45, 7) is 4.42. The van der Waals surface area contributed by atoms with Gasteiger partial charge in [-0.05, 0) is 49.1 Å². The third-order valence-electron chi connectivity index (χ3n) is 3.21. The van der Waals surface area contributed by atoms with E-state index in [9.17, 15) is 5.11 Å². The van der Waals surface area contributed by atoms with Crippen LogP contribution in [-0.4, -0.2) is 22.9 Å². The molecule has 5 nitrogen and oxygen atoms in total. The van der Waals surface area contributed by atoms with Gasteiger partial charge in [0, 0.05) is 4.88 Å². The fourth-order valence-corrected chi connectivity index (χ4v) is 3.74. The van der Waals surface area contributed by atoms with Gasteiger partial charge in [0.15, 0.2) is 11.5 Å². The van der Waals surface area contributed by atoms with Gasteiger partial charge in [-0.25, -0.2) is 4.98 Å². The predicted molar refractivity (Wildman–Crippen MR) is 101 cm³/mol. The number of thiophene rings is 1. The first kappa shape index (κ1) is 16.5. The molecule has 2 aromatic heterocycles. The number of anilines is 1. The number of aromatic hydroxyl groups is 1. The summed E-state index contributed by atoms with van der Waals surface area (Å²) in [6.07, 6.45) is 1.67. The van der Waals surface area contributed by atoms with Crippen molar-refractivity contribution in [1.82, 2.24) is 4.98 Å². The number of aromatic nitrogens is 1. The molecule has 0 aliphatic carbocycles. The maximum atomic E-state index is 9.70. The average molecular weight is 359 g/mol. The monoisotopic (exact) mass is 359 g/mol. The van der Waals surface area contributed by atoms with Crippen LogP contribution in [0.3, 0.4) is 0 Å². The molecular weight excluding hydrogens is 342 g/mol. The summed E-state index contributed by atoms with van der Waals surface area (Å²) in [5.74, 6) is 0.574. The number of hydrogen-bond acceptors (Lipinski definition) is 7. The highest BCUT2D eigenvalue weighted by atomic mass is 32.1. The van der Waals surface area contributed by atoms with Crippen LogP contribution >= 0.6 is 22.7 Å². The van der Waals surface area contributed by atoms with Crippen LogP contribution < -0.4 is 10.2 Å². The summed E-state index contributed by atoms with van der Waals surface area (Å²) in [7, 11) is 0. The fraction of sp³-hybridized carbons (Fsp3) is 0.176. The lowest BCUT2D eigenvalue weighted by atomic mass is 10.2. The van der Waals surface area contributed by atoms with E-state index in [0.717, 1.165) is 26.1 Å². The molecule has 24 heavy (non-hydrogen) atoms. The second-order valence-corrected chi connectivity index (χ2v) is 7.08. The van der Waals surface area contributed by atoms with E-state index in [1.165, 1.54) is 0 Å². The Labute approximate surface area is 148 Å². The normalized spacial score (nSPS) is 11.1. The minimum absolute atomic E-state index is 0.123. The molecular formula is C17H17N3O2S2. The van der Waals surface area contributed by atoms with Gasteiger partial charge in [0.25, 0.3) is 0 Å². The number of benzene rings is 1. The molecule has 0 atom stereocenters. The Morgan fingerprint density at radius 1 is 1.38 bits per heavy atom. The SMILES string of the molecule is CCOc1cc(/C=N\Nc2nc(-c3cccs3)c(C)s2)ccc1O. The standard InChI is InChI=1S/C17H17N3O2S2/c1-3-22-14-9-12(6-7-13(14)21)10-18-20-17-19-16(11(2)24-17)15-5-4-8-23-15/h4-10,21H,3H2,1-2H3,(H,19,20)/b18-10-. The molecule has 0 radical (unpaired) electrons. The zero-order valence-corrected chi connectivity index (χ0v) is 14.9. The maximum Gasteiger partial charge on any atom is 0.204 e. The molecule has 0 aliphatic rings. The van der Waals surface area contributed by atoms with Crippen LogP contribution in [0.2, 0.25) is 0 Å². The van der Waals surface area contributed by atoms with Crippen molar-refractivity contribution < 1.29 is 9.84 Å². The van der Waals surface area contributed by atoms with Gasteiger partial charge >= 0.3 is 0 Å². The van der Waals surface area contributed by atoms with E-state index in [0.29, 0.717) is 12.4 Å². The van der Waals surface area contributed by atoms with Crippen LogP contribution in [0, 0.1) is 6.92 Å². The molecule has 0 saturated carbocycles. The molecule has 7 heteroatoms. The van der Waals surface area contributed by atoms with Gasteiger partial charge in [-0.1, -0.05) is 6.07 Å². The van der Waals surface area contributed by atoms with Crippen molar-refractivity contribution >= 4 is 34.0 Å². The van der Waals surface area contributed by atoms with Gasteiger partial charge in [0.1, 0.15) is 0 Å². The summed E-state index contributed by atoms with van der Waals surface area (Å²) in [4.78, 5) is 6.89. The number of aryl methyl sites for hydroxylation is 1. The number of thiazole rings is 1. The van der Waals surface area contributed by atoms with Gasteiger partial charge in [-0.3, -0.25) is 5.43 Å². The van der Waals surface area contributed by atoms with Crippen molar-refractivity contribution in [3.8, 4) is 22.1 Å². The minimum Gasteiger partial charge on any atom is -0.504 e. The highest BCUT2D eigenvalue weighted by Gasteiger charge is 2.10. The molecule has 0 fully saturated rings. The van der Waals surface area contributed by atoms with E-state index >= 15 is 0 Å². The lowest BCUT2D eigenvalue weighted by Gasteiger charge is -2.05. The second kappa shape index (κ2) is 7.46. The first-order valence-electron chi connectivity index (χ1n) is 7.43. The average Bonchev–Trinajstić information content (AvgIpc) is 3.20.